The van der Waals surface area contributed by atoms with Gasteiger partial charge in [-0.1, -0.05) is 18.2 Å². The lowest BCUT2D eigenvalue weighted by atomic mass is 10.1. The average Bonchev–Trinajstić information content (AvgIpc) is 2.41. The van der Waals surface area contributed by atoms with Gasteiger partial charge in [0.25, 0.3) is 0 Å². The van der Waals surface area contributed by atoms with Crippen molar-refractivity contribution >= 4 is 5.69 Å². The van der Waals surface area contributed by atoms with Crippen molar-refractivity contribution in [3.63, 3.8) is 0 Å². The fourth-order valence-electron chi connectivity index (χ4n) is 1.99. The Morgan fingerprint density at radius 1 is 1.15 bits per heavy atom. The summed E-state index contributed by atoms with van der Waals surface area (Å²) < 4.78 is 29.4. The van der Waals surface area contributed by atoms with Gasteiger partial charge in [-0.05, 0) is 32.0 Å². The van der Waals surface area contributed by atoms with Gasteiger partial charge in [-0.2, -0.15) is 8.78 Å². The van der Waals surface area contributed by atoms with Crippen LogP contribution in [-0.2, 0) is 0 Å². The summed E-state index contributed by atoms with van der Waals surface area (Å²) in [6.07, 6.45) is 1.71. The zero-order valence-electron chi connectivity index (χ0n) is 11.3. The first-order chi connectivity index (χ1) is 9.58. The van der Waals surface area contributed by atoms with Crippen molar-refractivity contribution in [3.05, 3.63) is 53.9 Å². The summed E-state index contributed by atoms with van der Waals surface area (Å²) in [4.78, 5) is 4.18. The number of hydrogen-bond acceptors (Lipinski definition) is 3. The Balaban J connectivity index is 2.21. The third-order valence-corrected chi connectivity index (χ3v) is 2.98. The highest BCUT2D eigenvalue weighted by atomic mass is 19.3. The molecule has 1 aromatic carbocycles. The van der Waals surface area contributed by atoms with Gasteiger partial charge in [0.15, 0.2) is 0 Å². The molecule has 0 radical (unpaired) electrons. The molecule has 106 valence electrons. The molecule has 1 N–H and O–H groups in total. The number of ether oxygens (including phenoxy) is 1. The van der Waals surface area contributed by atoms with Gasteiger partial charge < -0.3 is 10.1 Å². The molecule has 0 bridgehead atoms. The molecule has 0 amide bonds. The van der Waals surface area contributed by atoms with E-state index in [0.717, 1.165) is 11.4 Å². The highest BCUT2D eigenvalue weighted by molar-refractivity contribution is 5.50. The number of pyridine rings is 1. The van der Waals surface area contributed by atoms with Gasteiger partial charge in [0.05, 0.1) is 17.4 Å². The first-order valence-electron chi connectivity index (χ1n) is 6.30. The van der Waals surface area contributed by atoms with Crippen LogP contribution in [0.1, 0.15) is 24.2 Å². The second-order valence-corrected chi connectivity index (χ2v) is 4.42. The largest absolute Gasteiger partial charge is 0.434 e. The fourth-order valence-corrected chi connectivity index (χ4v) is 1.99. The van der Waals surface area contributed by atoms with Crippen molar-refractivity contribution in [2.75, 3.05) is 5.32 Å². The maximum absolute atomic E-state index is 12.4. The molecule has 5 heteroatoms. The van der Waals surface area contributed by atoms with Crippen molar-refractivity contribution in [1.82, 2.24) is 4.98 Å². The van der Waals surface area contributed by atoms with Crippen molar-refractivity contribution < 1.29 is 13.5 Å². The lowest BCUT2D eigenvalue weighted by Gasteiger charge is -2.19. The molecule has 20 heavy (non-hydrogen) atoms. The summed E-state index contributed by atoms with van der Waals surface area (Å²) in [5.74, 6) is 0.184. The first kappa shape index (κ1) is 14.2. The number of rotatable bonds is 5. The van der Waals surface area contributed by atoms with E-state index in [0.29, 0.717) is 5.56 Å². The van der Waals surface area contributed by atoms with Crippen LogP contribution < -0.4 is 10.1 Å². The topological polar surface area (TPSA) is 34.2 Å². The van der Waals surface area contributed by atoms with Gasteiger partial charge >= 0.3 is 6.61 Å². The van der Waals surface area contributed by atoms with E-state index in [1.165, 1.54) is 6.07 Å². The number of anilines is 1. The van der Waals surface area contributed by atoms with Crippen molar-refractivity contribution in [3.8, 4) is 5.75 Å². The number of para-hydroxylation sites is 1. The van der Waals surface area contributed by atoms with Crippen molar-refractivity contribution in [2.45, 2.75) is 26.5 Å². The van der Waals surface area contributed by atoms with Crippen LogP contribution in [-0.4, -0.2) is 11.6 Å². The summed E-state index contributed by atoms with van der Waals surface area (Å²) in [5.41, 5.74) is 2.40. The molecule has 3 nitrogen and oxygen atoms in total. The monoisotopic (exact) mass is 278 g/mol. The molecule has 2 rings (SSSR count). The maximum Gasteiger partial charge on any atom is 0.387 e. The molecular formula is C15H16F2N2O. The van der Waals surface area contributed by atoms with Crippen LogP contribution in [0.15, 0.2) is 42.6 Å². The van der Waals surface area contributed by atoms with E-state index in [9.17, 15) is 8.78 Å². The van der Waals surface area contributed by atoms with Gasteiger partial charge in [0.1, 0.15) is 5.75 Å². The SMILES string of the molecule is Cc1ncccc1NC(C)c1ccccc1OC(F)F. The average molecular weight is 278 g/mol. The van der Waals surface area contributed by atoms with Crippen LogP contribution in [0, 0.1) is 6.92 Å². The van der Waals surface area contributed by atoms with Crippen LogP contribution in [0.25, 0.3) is 0 Å². The second kappa shape index (κ2) is 6.32. The summed E-state index contributed by atoms with van der Waals surface area (Å²) >= 11 is 0. The minimum atomic E-state index is -2.83. The Hall–Kier alpha value is -2.17. The van der Waals surface area contributed by atoms with Crippen LogP contribution in [0.3, 0.4) is 0 Å². The number of nitrogens with one attached hydrogen (secondary N) is 1. The lowest BCUT2D eigenvalue weighted by Crippen LogP contribution is -2.11. The fraction of sp³-hybridized carbons (Fsp3) is 0.267. The van der Waals surface area contributed by atoms with Crippen molar-refractivity contribution in [2.24, 2.45) is 0 Å². The molecule has 0 aliphatic carbocycles. The quantitative estimate of drug-likeness (QED) is 0.891. The third-order valence-electron chi connectivity index (χ3n) is 2.98. The highest BCUT2D eigenvalue weighted by Gasteiger charge is 2.15. The molecule has 0 saturated heterocycles. The van der Waals surface area contributed by atoms with E-state index >= 15 is 0 Å². The number of nitrogens with zero attached hydrogens (tertiary/aromatic N) is 1. The van der Waals surface area contributed by atoms with Gasteiger partial charge in [0.2, 0.25) is 0 Å². The zero-order valence-corrected chi connectivity index (χ0v) is 11.3. The van der Waals surface area contributed by atoms with E-state index in [-0.39, 0.29) is 11.8 Å². The smallest absolute Gasteiger partial charge is 0.387 e. The molecule has 1 unspecified atom stereocenters. The number of hydrogen-bond donors (Lipinski definition) is 1. The van der Waals surface area contributed by atoms with E-state index in [4.69, 9.17) is 0 Å². The predicted octanol–water partition coefficient (Wildman–Crippen LogP) is 4.16. The summed E-state index contributed by atoms with van der Waals surface area (Å²) in [7, 11) is 0. The van der Waals surface area contributed by atoms with E-state index in [1.807, 2.05) is 26.0 Å². The minimum absolute atomic E-state index is 0.173. The molecule has 0 saturated carbocycles. The van der Waals surface area contributed by atoms with Crippen LogP contribution in [0.4, 0.5) is 14.5 Å². The molecule has 1 aromatic heterocycles. The molecule has 2 aromatic rings. The number of aryl methyl sites for hydroxylation is 1. The van der Waals surface area contributed by atoms with E-state index in [1.54, 1.807) is 24.4 Å². The Labute approximate surface area is 116 Å². The molecule has 0 aliphatic rings. The molecule has 1 atom stereocenters. The van der Waals surface area contributed by atoms with Gasteiger partial charge in [0, 0.05) is 11.8 Å². The standard InChI is InChI=1S/C15H16F2N2O/c1-10(19-13-7-5-9-18-11(13)2)12-6-3-4-8-14(12)20-15(16)17/h3-10,15,19H,1-2H3. The van der Waals surface area contributed by atoms with Gasteiger partial charge in [-0.3, -0.25) is 4.98 Å². The number of alkyl halides is 2. The normalized spacial score (nSPS) is 12.2. The van der Waals surface area contributed by atoms with Gasteiger partial charge in [-0.25, -0.2) is 0 Å². The zero-order chi connectivity index (χ0) is 14.5. The molecule has 0 spiro atoms. The van der Waals surface area contributed by atoms with Gasteiger partial charge in [-0.15, -0.1) is 0 Å². The highest BCUT2D eigenvalue weighted by Crippen LogP contribution is 2.29. The Kier molecular flexibility index (Phi) is 4.50. The molecule has 1 heterocycles. The van der Waals surface area contributed by atoms with E-state index in [2.05, 4.69) is 15.0 Å². The Morgan fingerprint density at radius 2 is 1.90 bits per heavy atom. The minimum Gasteiger partial charge on any atom is -0.434 e. The van der Waals surface area contributed by atoms with E-state index < -0.39 is 6.61 Å². The Bertz CT molecular complexity index is 575. The molecular weight excluding hydrogens is 262 g/mol. The number of halogens is 2. The van der Waals surface area contributed by atoms with Crippen LogP contribution in [0.2, 0.25) is 0 Å². The summed E-state index contributed by atoms with van der Waals surface area (Å²) in [6.45, 7) is 0.944. The number of aromatic nitrogens is 1. The van der Waals surface area contributed by atoms with Crippen LogP contribution >= 0.6 is 0 Å². The number of benzene rings is 1. The summed E-state index contributed by atoms with van der Waals surface area (Å²) in [6, 6.07) is 10.3. The lowest BCUT2D eigenvalue weighted by molar-refractivity contribution is -0.0505. The second-order valence-electron chi connectivity index (χ2n) is 4.42. The maximum atomic E-state index is 12.4. The Morgan fingerprint density at radius 3 is 2.60 bits per heavy atom. The first-order valence-corrected chi connectivity index (χ1v) is 6.30. The van der Waals surface area contributed by atoms with Crippen molar-refractivity contribution in [1.29, 1.82) is 0 Å². The molecule has 0 fully saturated rings. The van der Waals surface area contributed by atoms with Crippen LogP contribution in [0.5, 0.6) is 5.75 Å². The molecule has 0 aliphatic heterocycles. The third kappa shape index (κ3) is 3.44. The predicted molar refractivity (Wildman–Crippen MR) is 74.1 cm³/mol. The summed E-state index contributed by atoms with van der Waals surface area (Å²) in [5, 5.41) is 3.25.